The average molecular weight is 589 g/mol. The number of fused-ring (bicyclic) bond motifs is 1. The first-order chi connectivity index (χ1) is 18.8. The quantitative estimate of drug-likeness (QED) is 0.216. The van der Waals surface area contributed by atoms with E-state index in [4.69, 9.17) is 0 Å². The molecule has 0 saturated carbocycles. The van der Waals surface area contributed by atoms with Crippen molar-refractivity contribution in [2.75, 3.05) is 11.9 Å². The second-order valence-corrected chi connectivity index (χ2v) is 9.82. The van der Waals surface area contributed by atoms with Crippen molar-refractivity contribution in [3.63, 3.8) is 0 Å². The summed E-state index contributed by atoms with van der Waals surface area (Å²) < 4.78 is 16.6. The predicted octanol–water partition coefficient (Wildman–Crippen LogP) is 3.77. The Balaban J connectivity index is 1.39. The summed E-state index contributed by atoms with van der Waals surface area (Å²) in [5.41, 5.74) is 1.72. The lowest BCUT2D eigenvalue weighted by Gasteiger charge is -2.24. The third-order valence-corrected chi connectivity index (χ3v) is 6.73. The monoisotopic (exact) mass is 588 g/mol. The van der Waals surface area contributed by atoms with Crippen LogP contribution >= 0.6 is 15.9 Å². The zero-order valence-electron chi connectivity index (χ0n) is 20.8. The number of anilines is 1. The first kappa shape index (κ1) is 26.2. The molecule has 0 spiro atoms. The zero-order valence-corrected chi connectivity index (χ0v) is 22.4. The van der Waals surface area contributed by atoms with Crippen molar-refractivity contribution in [2.24, 2.45) is 0 Å². The van der Waals surface area contributed by atoms with E-state index in [1.165, 1.54) is 11.8 Å². The number of carbonyl (C=O) groups is 3. The van der Waals surface area contributed by atoms with Gasteiger partial charge in [0.15, 0.2) is 5.78 Å². The first-order valence-corrected chi connectivity index (χ1v) is 12.9. The fraction of sp³-hybridized carbons (Fsp3) is 0.214. The highest BCUT2D eigenvalue weighted by Crippen LogP contribution is 2.26. The Hall–Kier alpha value is -4.43. The number of aromatic nitrogens is 4. The number of benzene rings is 1. The van der Waals surface area contributed by atoms with Crippen LogP contribution in [0.4, 0.5) is 10.2 Å². The van der Waals surface area contributed by atoms with Gasteiger partial charge in [-0.05, 0) is 65.2 Å². The maximum Gasteiger partial charge on any atom is 0.248 e. The molecular weight excluding hydrogens is 567 g/mol. The smallest absolute Gasteiger partial charge is 0.248 e. The van der Waals surface area contributed by atoms with Gasteiger partial charge in [-0.15, -0.1) is 0 Å². The number of Topliss-reactive ketones (excluding diaryl/α,β-unsaturated/α-hetero) is 1. The van der Waals surface area contributed by atoms with E-state index in [0.29, 0.717) is 38.3 Å². The van der Waals surface area contributed by atoms with E-state index in [0.717, 1.165) is 0 Å². The number of hydrogen-bond acceptors (Lipinski definition) is 6. The highest BCUT2D eigenvalue weighted by Gasteiger charge is 2.40. The maximum atomic E-state index is 14.4. The van der Waals surface area contributed by atoms with Gasteiger partial charge in [-0.2, -0.15) is 0 Å². The molecule has 4 heterocycles. The number of hydrogen-bond donors (Lipinski definition) is 1. The minimum atomic E-state index is -1.33. The van der Waals surface area contributed by atoms with Gasteiger partial charge in [-0.25, -0.2) is 19.3 Å². The van der Waals surface area contributed by atoms with Crippen LogP contribution in [0.25, 0.3) is 10.9 Å². The molecule has 4 aromatic rings. The third-order valence-electron chi connectivity index (χ3n) is 6.29. The molecular formula is C28H22BrFN6O3. The minimum absolute atomic E-state index is 0.107. The molecule has 11 heteroatoms. The summed E-state index contributed by atoms with van der Waals surface area (Å²) in [6.45, 7) is 1.09. The number of amides is 2. The van der Waals surface area contributed by atoms with Crippen LogP contribution in [0.15, 0.2) is 65.7 Å². The van der Waals surface area contributed by atoms with E-state index in [1.54, 1.807) is 65.6 Å². The Morgan fingerprint density at radius 2 is 1.92 bits per heavy atom. The molecule has 0 bridgehead atoms. The van der Waals surface area contributed by atoms with Gasteiger partial charge in [0.2, 0.25) is 17.6 Å². The molecule has 1 N–H and O–H groups in total. The molecule has 1 aliphatic heterocycles. The first-order valence-electron chi connectivity index (χ1n) is 12.1. The number of pyridine rings is 1. The maximum absolute atomic E-state index is 14.4. The summed E-state index contributed by atoms with van der Waals surface area (Å²) in [6.07, 6.45) is 3.37. The standard InChI is InChI=1S/C28H22BrFN6O3/c1-17(37)21-15-35(22-8-6-18(12-20(21)22)7-9-25-31-10-3-11-32-25)16-27(38)36-14-19(30)13-23(36)28(39)34-26-5-2-4-24(29)33-26/h2-6,8,10-12,15,19,23H,13-14,16H2,1H3,(H,33,34,39)/t19-,23+/m1/s1. The van der Waals surface area contributed by atoms with Crippen molar-refractivity contribution < 1.29 is 18.8 Å². The van der Waals surface area contributed by atoms with Crippen LogP contribution in [0.1, 0.15) is 35.1 Å². The number of nitrogens with zero attached hydrogens (tertiary/aromatic N) is 5. The molecule has 1 fully saturated rings. The van der Waals surface area contributed by atoms with Gasteiger partial charge in [-0.1, -0.05) is 12.0 Å². The summed E-state index contributed by atoms with van der Waals surface area (Å²) in [5.74, 6) is 5.43. The van der Waals surface area contributed by atoms with Gasteiger partial charge in [0.05, 0.1) is 6.54 Å². The summed E-state index contributed by atoms with van der Waals surface area (Å²) in [7, 11) is 0. The fourth-order valence-corrected chi connectivity index (χ4v) is 4.85. The summed E-state index contributed by atoms with van der Waals surface area (Å²) >= 11 is 3.25. The lowest BCUT2D eigenvalue weighted by atomic mass is 10.1. The molecule has 196 valence electrons. The van der Waals surface area contributed by atoms with Crippen molar-refractivity contribution in [3.8, 4) is 11.8 Å². The predicted molar refractivity (Wildman–Crippen MR) is 146 cm³/mol. The highest BCUT2D eigenvalue weighted by atomic mass is 79.9. The van der Waals surface area contributed by atoms with Crippen LogP contribution < -0.4 is 5.32 Å². The summed E-state index contributed by atoms with van der Waals surface area (Å²) in [6, 6.07) is 11.1. The number of ketones is 1. The Labute approximate surface area is 231 Å². The molecule has 5 rings (SSSR count). The van der Waals surface area contributed by atoms with Gasteiger partial charge in [0.25, 0.3) is 0 Å². The number of carbonyl (C=O) groups excluding carboxylic acids is 3. The number of nitrogens with one attached hydrogen (secondary N) is 1. The fourth-order valence-electron chi connectivity index (χ4n) is 4.51. The molecule has 39 heavy (non-hydrogen) atoms. The number of halogens is 2. The molecule has 3 aromatic heterocycles. The normalized spacial score (nSPS) is 16.5. The van der Waals surface area contributed by atoms with Crippen LogP contribution in [0.2, 0.25) is 0 Å². The molecule has 9 nitrogen and oxygen atoms in total. The van der Waals surface area contributed by atoms with E-state index in [1.807, 2.05) is 0 Å². The molecule has 1 aliphatic rings. The summed E-state index contributed by atoms with van der Waals surface area (Å²) in [4.78, 5) is 52.3. The number of likely N-dealkylation sites (tertiary alicyclic amines) is 1. The largest absolute Gasteiger partial charge is 0.337 e. The Bertz CT molecular complexity index is 1650. The molecule has 0 radical (unpaired) electrons. The van der Waals surface area contributed by atoms with E-state index >= 15 is 0 Å². The Morgan fingerprint density at radius 1 is 1.13 bits per heavy atom. The molecule has 2 atom stereocenters. The van der Waals surface area contributed by atoms with E-state index in [-0.39, 0.29) is 25.3 Å². The topological polar surface area (TPSA) is 110 Å². The van der Waals surface area contributed by atoms with Crippen molar-refractivity contribution in [1.82, 2.24) is 24.4 Å². The van der Waals surface area contributed by atoms with E-state index < -0.39 is 24.0 Å². The van der Waals surface area contributed by atoms with Crippen LogP contribution in [-0.4, -0.2) is 60.8 Å². The molecule has 0 aliphatic carbocycles. The second-order valence-electron chi connectivity index (χ2n) is 9.01. The Morgan fingerprint density at radius 3 is 2.67 bits per heavy atom. The van der Waals surface area contributed by atoms with Gasteiger partial charge in [-0.3, -0.25) is 14.4 Å². The average Bonchev–Trinajstić information content (AvgIpc) is 3.49. The number of alkyl halides is 1. The van der Waals surface area contributed by atoms with E-state index in [9.17, 15) is 18.8 Å². The van der Waals surface area contributed by atoms with Crippen molar-refractivity contribution in [1.29, 1.82) is 0 Å². The molecule has 1 saturated heterocycles. The van der Waals surface area contributed by atoms with Crippen molar-refractivity contribution >= 4 is 50.2 Å². The van der Waals surface area contributed by atoms with Crippen molar-refractivity contribution in [3.05, 3.63) is 82.6 Å². The SMILES string of the molecule is CC(=O)c1cn(CC(=O)N2C[C@H](F)C[C@H]2C(=O)Nc2cccc(Br)n2)c2ccc(C#Cc3ncccn3)cc12. The van der Waals surface area contributed by atoms with E-state index in [2.05, 4.69) is 48.0 Å². The lowest BCUT2D eigenvalue weighted by Crippen LogP contribution is -2.44. The van der Waals surface area contributed by atoms with Crippen LogP contribution in [0.3, 0.4) is 0 Å². The van der Waals surface area contributed by atoms with Gasteiger partial charge >= 0.3 is 0 Å². The summed E-state index contributed by atoms with van der Waals surface area (Å²) in [5, 5.41) is 3.29. The third kappa shape index (κ3) is 5.86. The number of rotatable bonds is 5. The lowest BCUT2D eigenvalue weighted by molar-refractivity contribution is -0.137. The molecule has 1 aromatic carbocycles. The molecule has 0 unspecified atom stereocenters. The van der Waals surface area contributed by atoms with Gasteiger partial charge in [0, 0.05) is 47.0 Å². The Kier molecular flexibility index (Phi) is 7.47. The van der Waals surface area contributed by atoms with Crippen LogP contribution in [0, 0.1) is 11.8 Å². The minimum Gasteiger partial charge on any atom is -0.337 e. The molecule has 2 amide bonds. The zero-order chi connectivity index (χ0) is 27.5. The van der Waals surface area contributed by atoms with Crippen molar-refractivity contribution in [2.45, 2.75) is 32.1 Å². The van der Waals surface area contributed by atoms with Crippen LogP contribution in [0.5, 0.6) is 0 Å². The van der Waals surface area contributed by atoms with Gasteiger partial charge < -0.3 is 14.8 Å². The highest BCUT2D eigenvalue weighted by molar-refractivity contribution is 9.10. The second kappa shape index (κ2) is 11.1. The van der Waals surface area contributed by atoms with Crippen LogP contribution in [-0.2, 0) is 16.1 Å². The van der Waals surface area contributed by atoms with Gasteiger partial charge in [0.1, 0.15) is 29.2 Å².